The van der Waals surface area contributed by atoms with E-state index in [0.717, 1.165) is 52.3 Å². The van der Waals surface area contributed by atoms with Gasteiger partial charge in [-0.1, -0.05) is 48.2 Å². The molecule has 170 valence electrons. The Morgan fingerprint density at radius 3 is 2.82 bits per heavy atom. The van der Waals surface area contributed by atoms with E-state index in [1.54, 1.807) is 23.1 Å². The Labute approximate surface area is 202 Å². The predicted octanol–water partition coefficient (Wildman–Crippen LogP) is 6.79. The van der Waals surface area contributed by atoms with Crippen LogP contribution in [0.4, 0.5) is 0 Å². The van der Waals surface area contributed by atoms with Crippen molar-refractivity contribution in [2.24, 2.45) is 0 Å². The molecule has 1 aliphatic carbocycles. The summed E-state index contributed by atoms with van der Waals surface area (Å²) in [7, 11) is 0. The van der Waals surface area contributed by atoms with Crippen molar-refractivity contribution in [2.75, 3.05) is 12.4 Å². The molecular weight excluding hydrogens is 448 g/mol. The van der Waals surface area contributed by atoms with Crippen LogP contribution < -0.4 is 10.3 Å². The van der Waals surface area contributed by atoms with Crippen molar-refractivity contribution in [1.82, 2.24) is 9.97 Å². The lowest BCUT2D eigenvalue weighted by Gasteiger charge is -2.16. The topological polar surface area (TPSA) is 55.0 Å². The van der Waals surface area contributed by atoms with Crippen molar-refractivity contribution in [2.45, 2.75) is 50.6 Å². The second kappa shape index (κ2) is 10.1. The van der Waals surface area contributed by atoms with Crippen LogP contribution in [0.25, 0.3) is 21.3 Å². The molecule has 0 bridgehead atoms. The van der Waals surface area contributed by atoms with Crippen LogP contribution in [0.1, 0.15) is 42.4 Å². The molecule has 2 aromatic carbocycles. The molecule has 4 nitrogen and oxygen atoms in total. The van der Waals surface area contributed by atoms with Crippen molar-refractivity contribution in [3.8, 4) is 16.9 Å². The standard InChI is InChI=1S/C27H28N2O2S2/c1-18-8-2-5-11-23(18)31-14-6-7-15-32-27-28-25(30)24-22(17-33-26(24)29-27)21-13-12-19-9-3-4-10-20(19)16-21/h2,5,8,11-13,16-17H,3-4,6-7,9-10,14-15H2,1H3,(H,28,29,30). The number of para-hydroxylation sites is 1. The predicted molar refractivity (Wildman–Crippen MR) is 139 cm³/mol. The molecule has 0 aliphatic heterocycles. The van der Waals surface area contributed by atoms with E-state index in [1.807, 2.05) is 18.2 Å². The highest BCUT2D eigenvalue weighted by molar-refractivity contribution is 7.99. The molecule has 33 heavy (non-hydrogen) atoms. The summed E-state index contributed by atoms with van der Waals surface area (Å²) in [6.07, 6.45) is 6.80. The number of hydrogen-bond acceptors (Lipinski definition) is 5. The Morgan fingerprint density at radius 2 is 1.94 bits per heavy atom. The molecule has 0 amide bonds. The SMILES string of the molecule is Cc1ccccc1OCCCCSc1nc2scc(-c3ccc4c(c3)CCCC4)c2c(=O)[nH]1. The summed E-state index contributed by atoms with van der Waals surface area (Å²) in [6.45, 7) is 2.76. The molecule has 1 N–H and O–H groups in total. The van der Waals surface area contributed by atoms with E-state index in [0.29, 0.717) is 17.1 Å². The van der Waals surface area contributed by atoms with Crippen LogP contribution in [0.2, 0.25) is 0 Å². The highest BCUT2D eigenvalue weighted by Crippen LogP contribution is 2.34. The summed E-state index contributed by atoms with van der Waals surface area (Å²) < 4.78 is 5.86. The Kier molecular flexibility index (Phi) is 6.83. The quantitative estimate of drug-likeness (QED) is 0.173. The number of benzene rings is 2. The largest absolute Gasteiger partial charge is 0.493 e. The number of thiophene rings is 1. The van der Waals surface area contributed by atoms with E-state index in [4.69, 9.17) is 9.72 Å². The highest BCUT2D eigenvalue weighted by atomic mass is 32.2. The molecular formula is C27H28N2O2S2. The third-order valence-corrected chi connectivity index (χ3v) is 8.04. The third kappa shape index (κ3) is 5.02. The maximum atomic E-state index is 12.9. The number of rotatable bonds is 8. The zero-order chi connectivity index (χ0) is 22.6. The second-order valence-electron chi connectivity index (χ2n) is 8.56. The fraction of sp³-hybridized carbons (Fsp3) is 0.333. The highest BCUT2D eigenvalue weighted by Gasteiger charge is 2.16. The first-order chi connectivity index (χ1) is 16.2. The number of aryl methyl sites for hydroxylation is 3. The number of aromatic nitrogens is 2. The van der Waals surface area contributed by atoms with E-state index in [2.05, 4.69) is 41.6 Å². The zero-order valence-corrected chi connectivity index (χ0v) is 20.5. The Morgan fingerprint density at radius 1 is 1.09 bits per heavy atom. The molecule has 4 aromatic rings. The summed E-state index contributed by atoms with van der Waals surface area (Å²) in [5, 5.41) is 3.49. The van der Waals surface area contributed by atoms with Crippen molar-refractivity contribution in [1.29, 1.82) is 0 Å². The summed E-state index contributed by atoms with van der Waals surface area (Å²) in [4.78, 5) is 21.5. The number of nitrogens with one attached hydrogen (secondary N) is 1. The molecule has 1 aliphatic rings. The lowest BCUT2D eigenvalue weighted by atomic mass is 9.89. The molecule has 0 unspecified atom stereocenters. The van der Waals surface area contributed by atoms with E-state index >= 15 is 0 Å². The number of ether oxygens (including phenoxy) is 1. The van der Waals surface area contributed by atoms with Gasteiger partial charge in [-0.3, -0.25) is 4.79 Å². The smallest absolute Gasteiger partial charge is 0.260 e. The molecule has 2 heterocycles. The van der Waals surface area contributed by atoms with Crippen molar-refractivity contribution in [3.63, 3.8) is 0 Å². The van der Waals surface area contributed by atoms with Crippen LogP contribution in [0.15, 0.2) is 57.8 Å². The van der Waals surface area contributed by atoms with Crippen LogP contribution in [-0.2, 0) is 12.8 Å². The number of unbranched alkanes of at least 4 members (excludes halogenated alkanes) is 1. The van der Waals surface area contributed by atoms with Gasteiger partial charge in [0, 0.05) is 16.7 Å². The number of thioether (sulfide) groups is 1. The van der Waals surface area contributed by atoms with Crippen LogP contribution >= 0.6 is 23.1 Å². The second-order valence-corrected chi connectivity index (χ2v) is 10.5. The maximum Gasteiger partial charge on any atom is 0.260 e. The number of hydrogen-bond donors (Lipinski definition) is 1. The Hall–Kier alpha value is -2.57. The lowest BCUT2D eigenvalue weighted by Crippen LogP contribution is -2.09. The first-order valence-corrected chi connectivity index (χ1v) is 13.5. The average Bonchev–Trinajstić information content (AvgIpc) is 3.27. The first-order valence-electron chi connectivity index (χ1n) is 11.6. The van der Waals surface area contributed by atoms with Gasteiger partial charge >= 0.3 is 0 Å². The Balaban J connectivity index is 1.21. The maximum absolute atomic E-state index is 12.9. The van der Waals surface area contributed by atoms with Crippen LogP contribution in [0.5, 0.6) is 5.75 Å². The van der Waals surface area contributed by atoms with Gasteiger partial charge < -0.3 is 9.72 Å². The fourth-order valence-electron chi connectivity index (χ4n) is 4.38. The summed E-state index contributed by atoms with van der Waals surface area (Å²) in [5.74, 6) is 1.85. The summed E-state index contributed by atoms with van der Waals surface area (Å²) >= 11 is 3.16. The normalized spacial score (nSPS) is 13.2. The zero-order valence-electron chi connectivity index (χ0n) is 18.9. The van der Waals surface area contributed by atoms with Gasteiger partial charge in [0.25, 0.3) is 5.56 Å². The fourth-order valence-corrected chi connectivity index (χ4v) is 6.25. The molecule has 0 radical (unpaired) electrons. The van der Waals surface area contributed by atoms with Gasteiger partial charge in [-0.05, 0) is 73.8 Å². The lowest BCUT2D eigenvalue weighted by molar-refractivity contribution is 0.308. The van der Waals surface area contributed by atoms with E-state index in [-0.39, 0.29) is 5.56 Å². The van der Waals surface area contributed by atoms with Gasteiger partial charge in [0.15, 0.2) is 5.16 Å². The molecule has 5 rings (SSSR count). The number of aromatic amines is 1. The minimum Gasteiger partial charge on any atom is -0.493 e. The average molecular weight is 477 g/mol. The van der Waals surface area contributed by atoms with Gasteiger partial charge in [0.05, 0.1) is 12.0 Å². The third-order valence-electron chi connectivity index (χ3n) is 6.21. The van der Waals surface area contributed by atoms with Gasteiger partial charge in [-0.2, -0.15) is 0 Å². The number of fused-ring (bicyclic) bond motifs is 2. The van der Waals surface area contributed by atoms with Gasteiger partial charge in [0.2, 0.25) is 0 Å². The van der Waals surface area contributed by atoms with E-state index < -0.39 is 0 Å². The minimum atomic E-state index is -0.0423. The summed E-state index contributed by atoms with van der Waals surface area (Å²) in [5.41, 5.74) is 6.14. The van der Waals surface area contributed by atoms with Crippen molar-refractivity contribution < 1.29 is 4.74 Å². The summed E-state index contributed by atoms with van der Waals surface area (Å²) in [6, 6.07) is 14.8. The molecule has 2 aromatic heterocycles. The molecule has 0 atom stereocenters. The first kappa shape index (κ1) is 22.2. The van der Waals surface area contributed by atoms with E-state index in [1.165, 1.54) is 30.4 Å². The van der Waals surface area contributed by atoms with Crippen LogP contribution in [-0.4, -0.2) is 22.3 Å². The molecule has 6 heteroatoms. The monoisotopic (exact) mass is 476 g/mol. The number of H-pyrrole nitrogens is 1. The van der Waals surface area contributed by atoms with Gasteiger partial charge in [-0.15, -0.1) is 11.3 Å². The molecule has 0 saturated heterocycles. The minimum absolute atomic E-state index is 0.0423. The molecule has 0 fully saturated rings. The van der Waals surface area contributed by atoms with Gasteiger partial charge in [-0.25, -0.2) is 4.98 Å². The van der Waals surface area contributed by atoms with Crippen LogP contribution in [0.3, 0.4) is 0 Å². The van der Waals surface area contributed by atoms with Crippen molar-refractivity contribution in [3.05, 3.63) is 74.9 Å². The van der Waals surface area contributed by atoms with Crippen molar-refractivity contribution >= 4 is 33.3 Å². The van der Waals surface area contributed by atoms with Crippen LogP contribution in [0, 0.1) is 6.92 Å². The number of nitrogens with zero attached hydrogens (tertiary/aromatic N) is 1. The molecule has 0 spiro atoms. The van der Waals surface area contributed by atoms with Gasteiger partial charge in [0.1, 0.15) is 10.6 Å². The Bertz CT molecular complexity index is 1330. The van der Waals surface area contributed by atoms with E-state index in [9.17, 15) is 4.79 Å². The molecule has 0 saturated carbocycles.